The van der Waals surface area contributed by atoms with Gasteiger partial charge in [-0.25, -0.2) is 0 Å². The summed E-state index contributed by atoms with van der Waals surface area (Å²) in [5.41, 5.74) is 1.29. The van der Waals surface area contributed by atoms with Crippen molar-refractivity contribution in [2.24, 2.45) is 4.99 Å². The first kappa shape index (κ1) is 13.5. The highest BCUT2D eigenvalue weighted by atomic mass is 15.2. The Balaban J connectivity index is 1.86. The fourth-order valence-electron chi connectivity index (χ4n) is 2.31. The Bertz CT molecular complexity index is 427. The molecule has 19 heavy (non-hydrogen) atoms. The highest BCUT2D eigenvalue weighted by Crippen LogP contribution is 2.19. The minimum atomic E-state index is 0.441. The van der Waals surface area contributed by atoms with Crippen LogP contribution in [0.3, 0.4) is 0 Å². The summed E-state index contributed by atoms with van der Waals surface area (Å²) >= 11 is 0. The van der Waals surface area contributed by atoms with Gasteiger partial charge in [0, 0.05) is 38.4 Å². The minimum absolute atomic E-state index is 0.441. The summed E-state index contributed by atoms with van der Waals surface area (Å²) in [6, 6.07) is 11.0. The zero-order valence-corrected chi connectivity index (χ0v) is 11.5. The van der Waals surface area contributed by atoms with E-state index in [9.17, 15) is 0 Å². The van der Waals surface area contributed by atoms with Crippen molar-refractivity contribution in [3.05, 3.63) is 43.0 Å². The van der Waals surface area contributed by atoms with Crippen molar-refractivity contribution in [3.63, 3.8) is 0 Å². The number of nitrogens with one attached hydrogen (secondary N) is 2. The molecule has 0 spiro atoms. The third-order valence-electron chi connectivity index (χ3n) is 3.29. The third-order valence-corrected chi connectivity index (χ3v) is 3.29. The van der Waals surface area contributed by atoms with E-state index in [-0.39, 0.29) is 0 Å². The third kappa shape index (κ3) is 3.74. The van der Waals surface area contributed by atoms with E-state index in [1.165, 1.54) is 5.69 Å². The Morgan fingerprint density at radius 2 is 2.26 bits per heavy atom. The summed E-state index contributed by atoms with van der Waals surface area (Å²) < 4.78 is 0. The highest BCUT2D eigenvalue weighted by Gasteiger charge is 2.23. The number of hydrogen-bond acceptors (Lipinski definition) is 2. The lowest BCUT2D eigenvalue weighted by atomic mass is 10.3. The molecule has 1 saturated heterocycles. The van der Waals surface area contributed by atoms with E-state index in [4.69, 9.17) is 0 Å². The van der Waals surface area contributed by atoms with Crippen LogP contribution >= 0.6 is 0 Å². The number of anilines is 1. The predicted octanol–water partition coefficient (Wildman–Crippen LogP) is 1.62. The second-order valence-corrected chi connectivity index (χ2v) is 4.65. The number of benzene rings is 1. The molecule has 2 N–H and O–H groups in total. The molecule has 1 aliphatic rings. The average molecular weight is 258 g/mol. The van der Waals surface area contributed by atoms with E-state index < -0.39 is 0 Å². The molecule has 1 fully saturated rings. The molecule has 1 atom stereocenters. The number of rotatable bonds is 4. The second-order valence-electron chi connectivity index (χ2n) is 4.65. The maximum Gasteiger partial charge on any atom is 0.191 e. The van der Waals surface area contributed by atoms with Gasteiger partial charge < -0.3 is 15.5 Å². The van der Waals surface area contributed by atoms with Crippen molar-refractivity contribution in [2.45, 2.75) is 12.5 Å². The monoisotopic (exact) mass is 258 g/mol. The van der Waals surface area contributed by atoms with Crippen molar-refractivity contribution in [1.29, 1.82) is 0 Å². The molecule has 0 radical (unpaired) electrons. The Hall–Kier alpha value is -1.97. The van der Waals surface area contributed by atoms with Crippen molar-refractivity contribution in [1.82, 2.24) is 10.6 Å². The molecule has 4 nitrogen and oxygen atoms in total. The van der Waals surface area contributed by atoms with Gasteiger partial charge in [-0.1, -0.05) is 24.3 Å². The van der Waals surface area contributed by atoms with Crippen LogP contribution in [-0.2, 0) is 0 Å². The zero-order chi connectivity index (χ0) is 13.5. The molecule has 1 aromatic carbocycles. The van der Waals surface area contributed by atoms with Crippen molar-refractivity contribution in [3.8, 4) is 0 Å². The van der Waals surface area contributed by atoms with Crippen LogP contribution in [0.4, 0.5) is 5.69 Å². The van der Waals surface area contributed by atoms with E-state index in [0.29, 0.717) is 6.04 Å². The fraction of sp³-hybridized carbons (Fsp3) is 0.400. The van der Waals surface area contributed by atoms with Crippen LogP contribution in [0.1, 0.15) is 6.42 Å². The molecule has 1 heterocycles. The molecule has 1 aliphatic heterocycles. The molecule has 1 aromatic rings. The van der Waals surface area contributed by atoms with Gasteiger partial charge in [-0.2, -0.15) is 0 Å². The summed E-state index contributed by atoms with van der Waals surface area (Å²) in [6.07, 6.45) is 2.96. The van der Waals surface area contributed by atoms with Crippen LogP contribution in [0.2, 0.25) is 0 Å². The quantitative estimate of drug-likeness (QED) is 0.490. The van der Waals surface area contributed by atoms with Gasteiger partial charge in [-0.15, -0.1) is 6.58 Å². The zero-order valence-electron chi connectivity index (χ0n) is 11.5. The number of para-hydroxylation sites is 1. The Labute approximate surface area is 115 Å². The predicted molar refractivity (Wildman–Crippen MR) is 81.8 cm³/mol. The topological polar surface area (TPSA) is 39.7 Å². The number of nitrogens with zero attached hydrogens (tertiary/aromatic N) is 2. The van der Waals surface area contributed by atoms with E-state index in [2.05, 4.69) is 57.4 Å². The minimum Gasteiger partial charge on any atom is -0.369 e. The molecule has 0 aliphatic carbocycles. The molecule has 2 rings (SSSR count). The van der Waals surface area contributed by atoms with Gasteiger partial charge in [0.15, 0.2) is 5.96 Å². The lowest BCUT2D eigenvalue weighted by Crippen LogP contribution is -2.44. The van der Waals surface area contributed by atoms with E-state index in [1.54, 1.807) is 7.05 Å². The van der Waals surface area contributed by atoms with Gasteiger partial charge in [0.25, 0.3) is 0 Å². The van der Waals surface area contributed by atoms with Gasteiger partial charge in [0.1, 0.15) is 0 Å². The first-order chi connectivity index (χ1) is 9.33. The van der Waals surface area contributed by atoms with Crippen LogP contribution in [-0.4, -0.2) is 38.7 Å². The molecule has 0 amide bonds. The maximum absolute atomic E-state index is 4.21. The highest BCUT2D eigenvalue weighted by molar-refractivity contribution is 5.80. The van der Waals surface area contributed by atoms with E-state index >= 15 is 0 Å². The standard InChI is InChI=1S/C15H22N4/c1-3-10-17-15(16-2)18-13-9-11-19(12-13)14-7-5-4-6-8-14/h3-8,13H,1,9-12H2,2H3,(H2,16,17,18). The SMILES string of the molecule is C=CCNC(=NC)NC1CCN(c2ccccc2)C1. The molecule has 1 unspecified atom stereocenters. The van der Waals surface area contributed by atoms with Crippen LogP contribution in [0.25, 0.3) is 0 Å². The Morgan fingerprint density at radius 3 is 2.95 bits per heavy atom. The van der Waals surface area contributed by atoms with E-state index in [1.807, 2.05) is 6.08 Å². The summed E-state index contributed by atoms with van der Waals surface area (Å²) in [5, 5.41) is 6.65. The summed E-state index contributed by atoms with van der Waals surface area (Å²) in [7, 11) is 1.79. The van der Waals surface area contributed by atoms with Crippen LogP contribution in [0, 0.1) is 0 Å². The summed E-state index contributed by atoms with van der Waals surface area (Å²) in [5.74, 6) is 0.847. The fourth-order valence-corrected chi connectivity index (χ4v) is 2.31. The van der Waals surface area contributed by atoms with Crippen molar-refractivity contribution < 1.29 is 0 Å². The van der Waals surface area contributed by atoms with Gasteiger partial charge in [-0.05, 0) is 18.6 Å². The van der Waals surface area contributed by atoms with Gasteiger partial charge in [-0.3, -0.25) is 4.99 Å². The Morgan fingerprint density at radius 1 is 1.47 bits per heavy atom. The molecule has 0 bridgehead atoms. The lowest BCUT2D eigenvalue weighted by Gasteiger charge is -2.20. The number of guanidine groups is 1. The van der Waals surface area contributed by atoms with Gasteiger partial charge in [0.05, 0.1) is 0 Å². The number of hydrogen-bond donors (Lipinski definition) is 2. The van der Waals surface area contributed by atoms with Crippen molar-refractivity contribution in [2.75, 3.05) is 31.6 Å². The molecular weight excluding hydrogens is 236 g/mol. The molecule has 4 heteroatoms. The molecule has 102 valence electrons. The lowest BCUT2D eigenvalue weighted by molar-refractivity contribution is 0.654. The smallest absolute Gasteiger partial charge is 0.191 e. The summed E-state index contributed by atoms with van der Waals surface area (Å²) in [4.78, 5) is 6.62. The van der Waals surface area contributed by atoms with Gasteiger partial charge >= 0.3 is 0 Å². The van der Waals surface area contributed by atoms with Crippen LogP contribution < -0.4 is 15.5 Å². The molecule has 0 saturated carbocycles. The maximum atomic E-state index is 4.21. The summed E-state index contributed by atoms with van der Waals surface area (Å²) in [6.45, 7) is 6.52. The largest absolute Gasteiger partial charge is 0.369 e. The Kier molecular flexibility index (Phi) is 4.84. The van der Waals surface area contributed by atoms with E-state index in [0.717, 1.165) is 32.0 Å². The van der Waals surface area contributed by atoms with Gasteiger partial charge in [0.2, 0.25) is 0 Å². The molecular formula is C15H22N4. The normalized spacial score (nSPS) is 19.3. The average Bonchev–Trinajstić information content (AvgIpc) is 2.93. The van der Waals surface area contributed by atoms with Crippen molar-refractivity contribution >= 4 is 11.6 Å². The first-order valence-electron chi connectivity index (χ1n) is 6.71. The first-order valence-corrected chi connectivity index (χ1v) is 6.71. The van der Waals surface area contributed by atoms with Crippen LogP contribution in [0.15, 0.2) is 48.0 Å². The number of aliphatic imine (C=N–C) groups is 1. The molecule has 0 aromatic heterocycles. The van der Waals surface area contributed by atoms with Crippen LogP contribution in [0.5, 0.6) is 0 Å². The second kappa shape index (κ2) is 6.83.